The molecule has 0 heterocycles. The highest BCUT2D eigenvalue weighted by Gasteiger charge is 2.07. The predicted molar refractivity (Wildman–Crippen MR) is 112 cm³/mol. The molecule has 0 aliphatic rings. The molecule has 1 atom stereocenters. The maximum atomic E-state index is 11.8. The first-order valence-electron chi connectivity index (χ1n) is 9.52. The molecule has 1 amide bonds. The molecule has 1 unspecified atom stereocenters. The summed E-state index contributed by atoms with van der Waals surface area (Å²) in [5, 5.41) is 9.40. The summed E-state index contributed by atoms with van der Waals surface area (Å²) in [5.74, 6) is 0.712. The minimum Gasteiger partial charge on any atom is -0.357 e. The first kappa shape index (κ1) is 20.5. The highest BCUT2D eigenvalue weighted by atomic mass is 16.1. The Balaban J connectivity index is 1.94. The minimum atomic E-state index is -0.0830. The number of amides is 1. The van der Waals surface area contributed by atoms with Gasteiger partial charge in [-0.2, -0.15) is 0 Å². The normalized spacial score (nSPS) is 12.3. The minimum absolute atomic E-state index is 0.0830. The summed E-state index contributed by atoms with van der Waals surface area (Å²) >= 11 is 0. The number of carbonyl (C=O) groups is 1. The first-order valence-corrected chi connectivity index (χ1v) is 9.52. The van der Waals surface area contributed by atoms with Gasteiger partial charge in [0.15, 0.2) is 5.96 Å². The average molecular weight is 367 g/mol. The molecule has 144 valence electrons. The van der Waals surface area contributed by atoms with Crippen LogP contribution in [0.5, 0.6) is 0 Å². The van der Waals surface area contributed by atoms with Gasteiger partial charge in [-0.1, -0.05) is 42.5 Å². The number of rotatable bonds is 8. The van der Waals surface area contributed by atoms with Crippen LogP contribution in [0.15, 0.2) is 59.6 Å². The molecule has 0 radical (unpaired) electrons. The van der Waals surface area contributed by atoms with Gasteiger partial charge in [0.25, 0.3) is 5.91 Å². The third-order valence-corrected chi connectivity index (χ3v) is 4.27. The standard InChI is InChI=1S/C22H30N4O/c1-4-24-22(26-17(2)13-14-18-9-6-5-7-10-18)25-16-19-11-8-12-20(15-19)21(27)23-3/h5-12,15,17H,4,13-14,16H2,1-3H3,(H,23,27)(H2,24,25,26). The quantitative estimate of drug-likeness (QED) is 0.497. The van der Waals surface area contributed by atoms with Gasteiger partial charge >= 0.3 is 0 Å². The van der Waals surface area contributed by atoms with Gasteiger partial charge in [0.1, 0.15) is 0 Å². The van der Waals surface area contributed by atoms with Crippen LogP contribution in [0, 0.1) is 0 Å². The molecular weight excluding hydrogens is 336 g/mol. The Kier molecular flexibility index (Phi) is 8.36. The van der Waals surface area contributed by atoms with E-state index >= 15 is 0 Å². The van der Waals surface area contributed by atoms with Gasteiger partial charge in [-0.25, -0.2) is 4.99 Å². The first-order chi connectivity index (χ1) is 13.1. The average Bonchev–Trinajstić information content (AvgIpc) is 2.71. The smallest absolute Gasteiger partial charge is 0.251 e. The summed E-state index contributed by atoms with van der Waals surface area (Å²) in [7, 11) is 1.64. The molecule has 0 saturated heterocycles. The Labute approximate surface area is 162 Å². The van der Waals surface area contributed by atoms with E-state index < -0.39 is 0 Å². The Bertz CT molecular complexity index is 743. The molecule has 5 nitrogen and oxygen atoms in total. The van der Waals surface area contributed by atoms with Crippen molar-refractivity contribution in [3.8, 4) is 0 Å². The summed E-state index contributed by atoms with van der Waals surface area (Å²) in [5.41, 5.74) is 3.00. The molecule has 2 aromatic carbocycles. The molecule has 0 saturated carbocycles. The van der Waals surface area contributed by atoms with E-state index in [-0.39, 0.29) is 5.91 Å². The van der Waals surface area contributed by atoms with Crippen molar-refractivity contribution >= 4 is 11.9 Å². The van der Waals surface area contributed by atoms with Gasteiger partial charge in [-0.15, -0.1) is 0 Å². The molecule has 5 heteroatoms. The van der Waals surface area contributed by atoms with Crippen molar-refractivity contribution in [1.82, 2.24) is 16.0 Å². The molecule has 0 aliphatic heterocycles. The largest absolute Gasteiger partial charge is 0.357 e. The summed E-state index contributed by atoms with van der Waals surface area (Å²) in [6.07, 6.45) is 2.06. The van der Waals surface area contributed by atoms with E-state index in [4.69, 9.17) is 0 Å². The maximum absolute atomic E-state index is 11.8. The van der Waals surface area contributed by atoms with Gasteiger partial charge in [-0.05, 0) is 49.9 Å². The number of benzene rings is 2. The fourth-order valence-electron chi connectivity index (χ4n) is 2.78. The molecule has 3 N–H and O–H groups in total. The maximum Gasteiger partial charge on any atom is 0.251 e. The molecular formula is C22H30N4O. The second-order valence-corrected chi connectivity index (χ2v) is 6.54. The van der Waals surface area contributed by atoms with E-state index in [9.17, 15) is 4.79 Å². The zero-order valence-corrected chi connectivity index (χ0v) is 16.5. The zero-order chi connectivity index (χ0) is 19.5. The van der Waals surface area contributed by atoms with Crippen LogP contribution < -0.4 is 16.0 Å². The monoisotopic (exact) mass is 366 g/mol. The molecule has 2 aromatic rings. The van der Waals surface area contributed by atoms with E-state index in [1.165, 1.54) is 5.56 Å². The highest BCUT2D eigenvalue weighted by molar-refractivity contribution is 5.94. The van der Waals surface area contributed by atoms with Crippen LogP contribution in [0.4, 0.5) is 0 Å². The molecule has 2 rings (SSSR count). The van der Waals surface area contributed by atoms with E-state index in [0.29, 0.717) is 18.2 Å². The Morgan fingerprint density at radius 3 is 2.52 bits per heavy atom. The molecule has 0 fully saturated rings. The number of guanidine groups is 1. The van der Waals surface area contributed by atoms with Crippen LogP contribution >= 0.6 is 0 Å². The topological polar surface area (TPSA) is 65.5 Å². The molecule has 27 heavy (non-hydrogen) atoms. The van der Waals surface area contributed by atoms with Crippen molar-refractivity contribution in [3.63, 3.8) is 0 Å². The number of nitrogens with one attached hydrogen (secondary N) is 3. The lowest BCUT2D eigenvalue weighted by molar-refractivity contribution is 0.0963. The van der Waals surface area contributed by atoms with Gasteiger partial charge in [-0.3, -0.25) is 4.79 Å². The Morgan fingerprint density at radius 1 is 1.07 bits per heavy atom. The van der Waals surface area contributed by atoms with Gasteiger partial charge in [0.2, 0.25) is 0 Å². The van der Waals surface area contributed by atoms with Gasteiger partial charge in [0, 0.05) is 25.2 Å². The van der Waals surface area contributed by atoms with Crippen LogP contribution in [-0.2, 0) is 13.0 Å². The highest BCUT2D eigenvalue weighted by Crippen LogP contribution is 2.07. The van der Waals surface area contributed by atoms with Gasteiger partial charge < -0.3 is 16.0 Å². The summed E-state index contributed by atoms with van der Waals surface area (Å²) in [6, 6.07) is 18.4. The molecule has 0 bridgehead atoms. The summed E-state index contributed by atoms with van der Waals surface area (Å²) in [6.45, 7) is 5.54. The number of aryl methyl sites for hydroxylation is 1. The Hall–Kier alpha value is -2.82. The van der Waals surface area contributed by atoms with Crippen LogP contribution in [0.2, 0.25) is 0 Å². The number of hydrogen-bond acceptors (Lipinski definition) is 2. The van der Waals surface area contributed by atoms with Crippen LogP contribution in [0.25, 0.3) is 0 Å². The second kappa shape index (κ2) is 11.0. The van der Waals surface area contributed by atoms with Crippen molar-refractivity contribution in [3.05, 3.63) is 71.3 Å². The summed E-state index contributed by atoms with van der Waals surface area (Å²) < 4.78 is 0. The molecule has 0 aromatic heterocycles. The second-order valence-electron chi connectivity index (χ2n) is 6.54. The van der Waals surface area contributed by atoms with Crippen molar-refractivity contribution in [1.29, 1.82) is 0 Å². The van der Waals surface area contributed by atoms with Crippen LogP contribution in [-0.4, -0.2) is 31.5 Å². The van der Waals surface area contributed by atoms with E-state index in [1.807, 2.05) is 24.3 Å². The van der Waals surface area contributed by atoms with Crippen molar-refractivity contribution in [2.45, 2.75) is 39.3 Å². The van der Waals surface area contributed by atoms with Crippen molar-refractivity contribution in [2.75, 3.05) is 13.6 Å². The van der Waals surface area contributed by atoms with Crippen LogP contribution in [0.3, 0.4) is 0 Å². The lowest BCUT2D eigenvalue weighted by Crippen LogP contribution is -2.42. The zero-order valence-electron chi connectivity index (χ0n) is 16.5. The van der Waals surface area contributed by atoms with Crippen molar-refractivity contribution < 1.29 is 4.79 Å². The third-order valence-electron chi connectivity index (χ3n) is 4.27. The third kappa shape index (κ3) is 7.13. The lowest BCUT2D eigenvalue weighted by Gasteiger charge is -2.18. The molecule has 0 spiro atoms. The molecule has 0 aliphatic carbocycles. The van der Waals surface area contributed by atoms with Crippen LogP contribution in [0.1, 0.15) is 41.8 Å². The SMILES string of the molecule is CCNC(=NCc1cccc(C(=O)NC)c1)NC(C)CCc1ccccc1. The van der Waals surface area contributed by atoms with E-state index in [2.05, 4.69) is 59.1 Å². The fourth-order valence-corrected chi connectivity index (χ4v) is 2.78. The number of aliphatic imine (C=N–C) groups is 1. The van der Waals surface area contributed by atoms with E-state index in [0.717, 1.165) is 30.9 Å². The fraction of sp³-hybridized carbons (Fsp3) is 0.364. The Morgan fingerprint density at radius 2 is 1.81 bits per heavy atom. The van der Waals surface area contributed by atoms with Crippen molar-refractivity contribution in [2.24, 2.45) is 4.99 Å². The number of nitrogens with zero attached hydrogens (tertiary/aromatic N) is 1. The number of carbonyl (C=O) groups excluding carboxylic acids is 1. The lowest BCUT2D eigenvalue weighted by atomic mass is 10.1. The van der Waals surface area contributed by atoms with E-state index in [1.54, 1.807) is 13.1 Å². The number of hydrogen-bond donors (Lipinski definition) is 3. The predicted octanol–water partition coefficient (Wildman–Crippen LogP) is 3.12. The summed E-state index contributed by atoms with van der Waals surface area (Å²) in [4.78, 5) is 16.4. The van der Waals surface area contributed by atoms with Gasteiger partial charge in [0.05, 0.1) is 6.54 Å².